The van der Waals surface area contributed by atoms with Crippen LogP contribution in [0.4, 0.5) is 0 Å². The summed E-state index contributed by atoms with van der Waals surface area (Å²) in [6.07, 6.45) is 1.72. The fourth-order valence-corrected chi connectivity index (χ4v) is 3.35. The molecule has 27 heavy (non-hydrogen) atoms. The SMILES string of the molecule is CCCc1ccc(C#N)c(SCC(=O)c2c([O-])on[n+]2-c2ccccc2)n1. The molecule has 7 nitrogen and oxygen atoms in total. The molecule has 3 rings (SSSR count). The maximum absolute atomic E-state index is 12.7. The van der Waals surface area contributed by atoms with E-state index in [-0.39, 0.29) is 11.4 Å². The Bertz CT molecular complexity index is 996. The molecule has 0 fully saturated rings. The quantitative estimate of drug-likeness (QED) is 0.351. The Morgan fingerprint density at radius 3 is 2.78 bits per heavy atom. The van der Waals surface area contributed by atoms with E-state index in [2.05, 4.69) is 20.8 Å². The van der Waals surface area contributed by atoms with E-state index >= 15 is 0 Å². The summed E-state index contributed by atoms with van der Waals surface area (Å²) in [6.45, 7) is 2.04. The fraction of sp³-hybridized carbons (Fsp3) is 0.211. The van der Waals surface area contributed by atoms with Gasteiger partial charge in [0.1, 0.15) is 11.1 Å². The minimum absolute atomic E-state index is 0.0550. The topological polar surface area (TPSA) is 107 Å². The summed E-state index contributed by atoms with van der Waals surface area (Å²) < 4.78 is 5.87. The molecular weight excluding hydrogens is 364 g/mol. The number of thioether (sulfide) groups is 1. The van der Waals surface area contributed by atoms with Gasteiger partial charge in [-0.1, -0.05) is 43.3 Å². The molecule has 0 aliphatic heterocycles. The highest BCUT2D eigenvalue weighted by Gasteiger charge is 2.27. The Kier molecular flexibility index (Phi) is 5.84. The highest BCUT2D eigenvalue weighted by molar-refractivity contribution is 8.00. The summed E-state index contributed by atoms with van der Waals surface area (Å²) in [4.78, 5) is 17.1. The number of rotatable bonds is 7. The molecule has 0 bridgehead atoms. The Morgan fingerprint density at radius 1 is 1.30 bits per heavy atom. The van der Waals surface area contributed by atoms with Crippen molar-refractivity contribution in [2.75, 3.05) is 5.75 Å². The van der Waals surface area contributed by atoms with Crippen LogP contribution in [-0.4, -0.2) is 21.8 Å². The average molecular weight is 380 g/mol. The second-order valence-corrected chi connectivity index (χ2v) is 6.65. The molecule has 0 radical (unpaired) electrons. The lowest BCUT2D eigenvalue weighted by Crippen LogP contribution is -2.39. The summed E-state index contributed by atoms with van der Waals surface area (Å²) in [5.74, 6) is -1.29. The predicted octanol–water partition coefficient (Wildman–Crippen LogP) is 2.22. The third-order valence-corrected chi connectivity index (χ3v) is 4.75. The van der Waals surface area contributed by atoms with Gasteiger partial charge in [0.15, 0.2) is 5.95 Å². The number of pyridine rings is 1. The first kappa shape index (κ1) is 18.6. The first-order valence-corrected chi connectivity index (χ1v) is 9.33. The summed E-state index contributed by atoms with van der Waals surface area (Å²) in [7, 11) is 0. The van der Waals surface area contributed by atoms with Crippen LogP contribution in [0.2, 0.25) is 0 Å². The summed E-state index contributed by atoms with van der Waals surface area (Å²) in [6, 6.07) is 14.4. The predicted molar refractivity (Wildman–Crippen MR) is 95.5 cm³/mol. The first-order valence-electron chi connectivity index (χ1n) is 8.34. The number of Topliss-reactive ketones (excluding diaryl/α,β-unsaturated/α-hetero) is 1. The van der Waals surface area contributed by atoms with Crippen LogP contribution in [0.5, 0.6) is 5.95 Å². The van der Waals surface area contributed by atoms with Crippen LogP contribution >= 0.6 is 11.8 Å². The number of carbonyl (C=O) groups excluding carboxylic acids is 1. The monoisotopic (exact) mass is 380 g/mol. The van der Waals surface area contributed by atoms with E-state index < -0.39 is 11.7 Å². The second kappa shape index (κ2) is 8.47. The molecule has 8 heteroatoms. The maximum Gasteiger partial charge on any atom is 0.307 e. The van der Waals surface area contributed by atoms with Gasteiger partial charge in [-0.05, 0) is 23.2 Å². The molecule has 0 aliphatic rings. The van der Waals surface area contributed by atoms with Gasteiger partial charge >= 0.3 is 5.69 Å². The van der Waals surface area contributed by atoms with Crippen molar-refractivity contribution in [3.05, 3.63) is 59.4 Å². The van der Waals surface area contributed by atoms with Crippen molar-refractivity contribution in [1.82, 2.24) is 10.3 Å². The van der Waals surface area contributed by atoms with E-state index in [9.17, 15) is 15.2 Å². The summed E-state index contributed by atoms with van der Waals surface area (Å²) in [5.41, 5.74) is 1.66. The van der Waals surface area contributed by atoms with E-state index in [0.29, 0.717) is 16.3 Å². The largest absolute Gasteiger partial charge is 0.539 e. The van der Waals surface area contributed by atoms with Crippen molar-refractivity contribution in [2.24, 2.45) is 0 Å². The van der Waals surface area contributed by atoms with E-state index in [1.165, 1.54) is 4.68 Å². The number of carbonyl (C=O) groups is 1. The highest BCUT2D eigenvalue weighted by atomic mass is 32.2. The van der Waals surface area contributed by atoms with Crippen LogP contribution < -0.4 is 9.79 Å². The number of nitrogens with zero attached hydrogens (tertiary/aromatic N) is 4. The minimum Gasteiger partial charge on any atom is -0.539 e. The second-order valence-electron chi connectivity index (χ2n) is 5.69. The van der Waals surface area contributed by atoms with Crippen LogP contribution in [0.15, 0.2) is 52.0 Å². The number of hydrogen-bond acceptors (Lipinski definition) is 7. The lowest BCUT2D eigenvalue weighted by molar-refractivity contribution is -0.672. The number of hydrogen-bond donors (Lipinski definition) is 0. The van der Waals surface area contributed by atoms with Crippen LogP contribution in [0.1, 0.15) is 35.1 Å². The zero-order chi connectivity index (χ0) is 19.2. The van der Waals surface area contributed by atoms with E-state index in [4.69, 9.17) is 0 Å². The number of ketones is 1. The van der Waals surface area contributed by atoms with Gasteiger partial charge in [0, 0.05) is 17.8 Å². The Labute approximate surface area is 160 Å². The van der Waals surface area contributed by atoms with Crippen LogP contribution in [0.25, 0.3) is 5.69 Å². The van der Waals surface area contributed by atoms with Gasteiger partial charge in [-0.15, -0.1) is 0 Å². The number of nitriles is 1. The van der Waals surface area contributed by atoms with Crippen molar-refractivity contribution in [3.63, 3.8) is 0 Å². The number of aryl methyl sites for hydroxylation is 1. The number of para-hydroxylation sites is 1. The van der Waals surface area contributed by atoms with Gasteiger partial charge in [0.25, 0.3) is 0 Å². The van der Waals surface area contributed by atoms with Gasteiger partial charge < -0.3 is 9.63 Å². The van der Waals surface area contributed by atoms with Crippen molar-refractivity contribution < 1.29 is 19.1 Å². The molecule has 0 saturated carbocycles. The molecule has 0 atom stereocenters. The normalized spacial score (nSPS) is 10.5. The molecule has 2 heterocycles. The zero-order valence-corrected chi connectivity index (χ0v) is 15.4. The summed E-state index contributed by atoms with van der Waals surface area (Å²) >= 11 is 1.13. The summed E-state index contributed by atoms with van der Waals surface area (Å²) in [5, 5.41) is 25.4. The third kappa shape index (κ3) is 4.15. The third-order valence-electron chi connectivity index (χ3n) is 3.76. The van der Waals surface area contributed by atoms with Crippen LogP contribution in [0.3, 0.4) is 0 Å². The van der Waals surface area contributed by atoms with Crippen molar-refractivity contribution >= 4 is 17.5 Å². The molecule has 0 saturated heterocycles. The van der Waals surface area contributed by atoms with Crippen molar-refractivity contribution in [3.8, 4) is 17.7 Å². The lowest BCUT2D eigenvalue weighted by Gasteiger charge is -2.05. The molecule has 2 aromatic heterocycles. The van der Waals surface area contributed by atoms with Gasteiger partial charge in [0.05, 0.1) is 16.6 Å². The van der Waals surface area contributed by atoms with Gasteiger partial charge in [-0.25, -0.2) is 4.98 Å². The molecule has 0 spiro atoms. The lowest BCUT2D eigenvalue weighted by atomic mass is 10.2. The van der Waals surface area contributed by atoms with Crippen LogP contribution in [0, 0.1) is 11.3 Å². The molecule has 0 aliphatic carbocycles. The molecule has 3 aromatic rings. The smallest absolute Gasteiger partial charge is 0.307 e. The van der Waals surface area contributed by atoms with Gasteiger partial charge in [-0.2, -0.15) is 5.26 Å². The van der Waals surface area contributed by atoms with Crippen molar-refractivity contribution in [2.45, 2.75) is 24.8 Å². The standard InChI is InChI=1S/C19H16N4O3S/c1-2-6-14-10-9-13(11-20)18(21-14)27-12-16(24)17-19(25)26-22-23(17)15-7-4-3-5-8-15/h3-5,7-10H,2,6,12H2,1H3. The zero-order valence-electron chi connectivity index (χ0n) is 14.6. The Hall–Kier alpha value is -3.18. The molecule has 136 valence electrons. The van der Waals surface area contributed by atoms with E-state index in [1.54, 1.807) is 30.3 Å². The molecule has 0 amide bonds. The molecule has 1 aromatic carbocycles. The highest BCUT2D eigenvalue weighted by Crippen LogP contribution is 2.23. The Balaban J connectivity index is 1.83. The molecule has 0 unspecified atom stereocenters. The minimum atomic E-state index is -0.794. The maximum atomic E-state index is 12.7. The van der Waals surface area contributed by atoms with E-state index in [0.717, 1.165) is 30.3 Å². The fourth-order valence-electron chi connectivity index (χ4n) is 2.50. The average Bonchev–Trinajstić information content (AvgIpc) is 3.09. The number of benzene rings is 1. The van der Waals surface area contributed by atoms with Gasteiger partial charge in [-0.3, -0.25) is 4.79 Å². The van der Waals surface area contributed by atoms with E-state index in [1.807, 2.05) is 19.1 Å². The number of aromatic nitrogens is 3. The molecule has 0 N–H and O–H groups in total. The first-order chi connectivity index (χ1) is 13.1. The molecular formula is C19H16N4O3S. The van der Waals surface area contributed by atoms with Gasteiger partial charge in [0.2, 0.25) is 11.5 Å². The Morgan fingerprint density at radius 2 is 2.07 bits per heavy atom. The van der Waals surface area contributed by atoms with Crippen LogP contribution in [-0.2, 0) is 6.42 Å². The van der Waals surface area contributed by atoms with Crippen molar-refractivity contribution in [1.29, 1.82) is 5.26 Å².